The van der Waals surface area contributed by atoms with Crippen LogP contribution in [0.2, 0.25) is 0 Å². The summed E-state index contributed by atoms with van der Waals surface area (Å²) in [7, 11) is 1.66. The minimum atomic E-state index is -0.0111. The molecule has 0 atom stereocenters. The zero-order valence-electron chi connectivity index (χ0n) is 12.8. The van der Waals surface area contributed by atoms with Crippen LogP contribution in [0.1, 0.15) is 24.0 Å². The van der Waals surface area contributed by atoms with Crippen LogP contribution >= 0.6 is 12.2 Å². The highest BCUT2D eigenvalue weighted by molar-refractivity contribution is 7.79. The summed E-state index contributed by atoms with van der Waals surface area (Å²) in [5.74, 6) is 0.551. The lowest BCUT2D eigenvalue weighted by molar-refractivity contribution is -0.117. The van der Waals surface area contributed by atoms with E-state index in [1.54, 1.807) is 25.5 Å². The van der Waals surface area contributed by atoms with Crippen molar-refractivity contribution in [3.8, 4) is 0 Å². The van der Waals surface area contributed by atoms with E-state index >= 15 is 0 Å². The Morgan fingerprint density at radius 2 is 2.17 bits per heavy atom. The fourth-order valence-electron chi connectivity index (χ4n) is 2.12. The molecule has 7 heteroatoms. The first kappa shape index (κ1) is 16.8. The maximum Gasteiger partial charge on any atom is 0.228 e. The van der Waals surface area contributed by atoms with Crippen LogP contribution in [0, 0.1) is 5.92 Å². The van der Waals surface area contributed by atoms with Gasteiger partial charge in [0.25, 0.3) is 0 Å². The highest BCUT2D eigenvalue weighted by Gasteiger charge is 2.29. The number of carbonyl (C=O) groups excluding carboxylic acids is 1. The number of allylic oxidation sites excluding steroid dienone is 2. The molecular weight excluding hydrogens is 310 g/mol. The monoisotopic (exact) mass is 329 g/mol. The van der Waals surface area contributed by atoms with E-state index in [0.29, 0.717) is 17.0 Å². The van der Waals surface area contributed by atoms with Crippen LogP contribution < -0.4 is 16.8 Å². The van der Waals surface area contributed by atoms with E-state index in [4.69, 9.17) is 23.7 Å². The van der Waals surface area contributed by atoms with Gasteiger partial charge in [-0.3, -0.25) is 9.79 Å². The van der Waals surface area contributed by atoms with E-state index in [9.17, 15) is 4.79 Å². The highest BCUT2D eigenvalue weighted by Crippen LogP contribution is 2.31. The van der Waals surface area contributed by atoms with Gasteiger partial charge in [-0.2, -0.15) is 0 Å². The molecule has 1 heterocycles. The number of aliphatic imine (C=N–C) groups is 1. The number of thiocarbonyl (C=S) groups is 1. The predicted molar refractivity (Wildman–Crippen MR) is 97.2 cm³/mol. The van der Waals surface area contributed by atoms with E-state index in [1.807, 2.05) is 0 Å². The van der Waals surface area contributed by atoms with Crippen molar-refractivity contribution in [2.75, 3.05) is 12.4 Å². The second-order valence-corrected chi connectivity index (χ2v) is 5.36. The third-order valence-electron chi connectivity index (χ3n) is 3.48. The van der Waals surface area contributed by atoms with Crippen LogP contribution in [-0.2, 0) is 4.79 Å². The molecular formula is C16H19N5OS. The zero-order chi connectivity index (χ0) is 16.8. The number of amides is 1. The summed E-state index contributed by atoms with van der Waals surface area (Å²) in [6, 6.07) is 1.75. The number of anilines is 1. The fourth-order valence-corrected chi connectivity index (χ4v) is 2.32. The Kier molecular flexibility index (Phi) is 5.59. The largest absolute Gasteiger partial charge is 0.404 e. The van der Waals surface area contributed by atoms with Crippen LogP contribution in [0.5, 0.6) is 0 Å². The van der Waals surface area contributed by atoms with E-state index in [0.717, 1.165) is 24.0 Å². The van der Waals surface area contributed by atoms with Crippen LogP contribution in [-0.4, -0.2) is 29.5 Å². The van der Waals surface area contributed by atoms with Crippen molar-refractivity contribution in [3.05, 3.63) is 41.4 Å². The van der Waals surface area contributed by atoms with Gasteiger partial charge in [-0.25, -0.2) is 4.98 Å². The second-order valence-electron chi connectivity index (χ2n) is 5.13. The number of nitrogens with two attached hydrogens (primary N) is 2. The topological polar surface area (TPSA) is 106 Å². The quantitative estimate of drug-likeness (QED) is 0.318. The normalized spacial score (nSPS) is 15.7. The molecule has 1 aromatic heterocycles. The van der Waals surface area contributed by atoms with Gasteiger partial charge in [0.15, 0.2) is 0 Å². The Hall–Kier alpha value is -2.54. The summed E-state index contributed by atoms with van der Waals surface area (Å²) in [6.07, 6.45) is 7.97. The van der Waals surface area contributed by atoms with Crippen molar-refractivity contribution in [2.24, 2.45) is 22.4 Å². The Bertz CT molecular complexity index is 704. The third-order valence-corrected chi connectivity index (χ3v) is 3.73. The van der Waals surface area contributed by atoms with Crippen molar-refractivity contribution in [1.29, 1.82) is 0 Å². The number of hydrogen-bond donors (Lipinski definition) is 3. The van der Waals surface area contributed by atoms with E-state index in [1.165, 1.54) is 17.8 Å². The van der Waals surface area contributed by atoms with E-state index in [2.05, 4.69) is 15.3 Å². The van der Waals surface area contributed by atoms with Crippen molar-refractivity contribution in [3.63, 3.8) is 0 Å². The molecule has 0 aromatic carbocycles. The van der Waals surface area contributed by atoms with Gasteiger partial charge in [0.1, 0.15) is 5.82 Å². The molecule has 2 rings (SSSR count). The van der Waals surface area contributed by atoms with Gasteiger partial charge in [-0.05, 0) is 24.5 Å². The molecule has 1 aliphatic rings. The summed E-state index contributed by atoms with van der Waals surface area (Å²) < 4.78 is 0. The van der Waals surface area contributed by atoms with Crippen LogP contribution in [0.4, 0.5) is 5.82 Å². The Morgan fingerprint density at radius 1 is 1.43 bits per heavy atom. The van der Waals surface area contributed by atoms with Crippen molar-refractivity contribution < 1.29 is 4.79 Å². The fraction of sp³-hybridized carbons (Fsp3) is 0.250. The van der Waals surface area contributed by atoms with Gasteiger partial charge >= 0.3 is 0 Å². The second kappa shape index (κ2) is 7.64. The third kappa shape index (κ3) is 4.01. The minimum absolute atomic E-state index is 0.0111. The molecule has 0 radical (unpaired) electrons. The summed E-state index contributed by atoms with van der Waals surface area (Å²) in [5.41, 5.74) is 14.1. The van der Waals surface area contributed by atoms with Crippen molar-refractivity contribution in [1.82, 2.24) is 4.98 Å². The smallest absolute Gasteiger partial charge is 0.228 e. The minimum Gasteiger partial charge on any atom is -0.404 e. The molecule has 6 nitrogen and oxygen atoms in total. The van der Waals surface area contributed by atoms with Crippen LogP contribution in [0.15, 0.2) is 35.2 Å². The van der Waals surface area contributed by atoms with Crippen LogP contribution in [0.25, 0.3) is 5.57 Å². The molecule has 0 spiro atoms. The van der Waals surface area contributed by atoms with E-state index < -0.39 is 0 Å². The molecule has 0 unspecified atom stereocenters. The lowest BCUT2D eigenvalue weighted by Gasteiger charge is -2.13. The molecule has 1 saturated carbocycles. The average Bonchev–Trinajstić information content (AvgIpc) is 3.39. The summed E-state index contributed by atoms with van der Waals surface area (Å²) in [4.78, 5) is 20.2. The summed E-state index contributed by atoms with van der Waals surface area (Å²) in [6.45, 7) is 0. The first-order chi connectivity index (χ1) is 11.1. The maximum atomic E-state index is 11.9. The Labute approximate surface area is 140 Å². The van der Waals surface area contributed by atoms with Gasteiger partial charge in [-0.15, -0.1) is 0 Å². The van der Waals surface area contributed by atoms with Crippen molar-refractivity contribution >= 4 is 41.1 Å². The molecule has 23 heavy (non-hydrogen) atoms. The maximum absolute atomic E-state index is 11.9. The van der Waals surface area contributed by atoms with Gasteiger partial charge in [-0.1, -0.05) is 12.2 Å². The first-order valence-electron chi connectivity index (χ1n) is 7.17. The Morgan fingerprint density at radius 3 is 2.70 bits per heavy atom. The number of hydrogen-bond acceptors (Lipinski definition) is 6. The molecule has 0 aliphatic heterocycles. The van der Waals surface area contributed by atoms with Gasteiger partial charge in [0.05, 0.1) is 0 Å². The number of nitrogens with one attached hydrogen (secondary N) is 1. The number of rotatable bonds is 6. The van der Waals surface area contributed by atoms with Crippen molar-refractivity contribution in [2.45, 2.75) is 12.8 Å². The number of nitrogens with zero attached hydrogens (tertiary/aromatic N) is 2. The molecule has 1 aromatic rings. The van der Waals surface area contributed by atoms with Gasteiger partial charge < -0.3 is 16.8 Å². The lowest BCUT2D eigenvalue weighted by atomic mass is 9.97. The standard InChI is InChI=1S/C16H19N5OS/c1-19-7-12-8-20-15(21-16(22)10-2-3-10)4-13(12)14(6-18)11(5-17)9-23/h4-10H,2-3,17-18H2,1H3,(H,20,21,22)/b11-5+,14-6-,19-7?. The first-order valence-corrected chi connectivity index (χ1v) is 7.64. The lowest BCUT2D eigenvalue weighted by Crippen LogP contribution is -2.15. The summed E-state index contributed by atoms with van der Waals surface area (Å²) in [5, 5.41) is 4.27. The number of pyridine rings is 1. The average molecular weight is 329 g/mol. The van der Waals surface area contributed by atoms with E-state index in [-0.39, 0.29) is 11.8 Å². The summed E-state index contributed by atoms with van der Waals surface area (Å²) >= 11 is 4.98. The SMILES string of the molecule is CN=Cc1cnc(NC(=O)C2CC2)cc1C(=C\N)/C(C=S)=C/N. The number of carbonyl (C=O) groups is 1. The van der Waals surface area contributed by atoms with Gasteiger partial charge in [0, 0.05) is 59.9 Å². The molecule has 120 valence electrons. The van der Waals surface area contributed by atoms with Crippen LogP contribution in [0.3, 0.4) is 0 Å². The Balaban J connectivity index is 2.44. The molecule has 1 aliphatic carbocycles. The highest BCUT2D eigenvalue weighted by atomic mass is 32.1. The molecule has 5 N–H and O–H groups in total. The zero-order valence-corrected chi connectivity index (χ0v) is 13.6. The molecule has 0 bridgehead atoms. The van der Waals surface area contributed by atoms with Gasteiger partial charge in [0.2, 0.25) is 5.91 Å². The molecule has 1 fully saturated rings. The molecule has 1 amide bonds. The molecule has 0 saturated heterocycles. The predicted octanol–water partition coefficient (Wildman–Crippen LogP) is 1.62. The number of aromatic nitrogens is 1.